The summed E-state index contributed by atoms with van der Waals surface area (Å²) >= 11 is 1.61. The Hall–Kier alpha value is -4.05. The highest BCUT2D eigenvalue weighted by Crippen LogP contribution is 2.42. The van der Waals surface area contributed by atoms with E-state index in [1.54, 1.807) is 11.3 Å². The number of piperidine rings is 1. The molecule has 1 aromatic heterocycles. The quantitative estimate of drug-likeness (QED) is 0.264. The Morgan fingerprint density at radius 2 is 1.35 bits per heavy atom. The first-order chi connectivity index (χ1) is 19.7. The molecule has 6 heteroatoms. The highest BCUT2D eigenvalue weighted by molar-refractivity contribution is 7.12. The molecule has 5 nitrogen and oxygen atoms in total. The van der Waals surface area contributed by atoms with Gasteiger partial charge in [-0.3, -0.25) is 9.69 Å². The molecule has 1 amide bonds. The minimum Gasteiger partial charge on any atom is -0.303 e. The zero-order valence-electron chi connectivity index (χ0n) is 22.4. The number of benzene rings is 3. The molecular formula is C34H32N4OS. The van der Waals surface area contributed by atoms with E-state index in [1.165, 1.54) is 0 Å². The minimum absolute atomic E-state index is 0.000445. The number of amides is 1. The normalized spacial score (nSPS) is 18.3. The van der Waals surface area contributed by atoms with E-state index in [-0.39, 0.29) is 5.91 Å². The third-order valence-corrected chi connectivity index (χ3v) is 9.18. The number of aliphatic imine (C=N–C) groups is 1. The summed E-state index contributed by atoms with van der Waals surface area (Å²) < 4.78 is 0. The first-order valence-electron chi connectivity index (χ1n) is 13.9. The highest BCUT2D eigenvalue weighted by Gasteiger charge is 2.51. The van der Waals surface area contributed by atoms with Gasteiger partial charge in [0.1, 0.15) is 5.84 Å². The van der Waals surface area contributed by atoms with Gasteiger partial charge in [0.2, 0.25) is 0 Å². The molecule has 0 radical (unpaired) electrons. The summed E-state index contributed by atoms with van der Waals surface area (Å²) in [6, 6.07) is 36.8. The molecule has 1 fully saturated rings. The van der Waals surface area contributed by atoms with Gasteiger partial charge in [-0.05, 0) is 67.0 Å². The zero-order valence-corrected chi connectivity index (χ0v) is 23.3. The van der Waals surface area contributed by atoms with Crippen molar-refractivity contribution < 1.29 is 4.79 Å². The van der Waals surface area contributed by atoms with Crippen LogP contribution in [-0.4, -0.2) is 47.7 Å². The summed E-state index contributed by atoms with van der Waals surface area (Å²) in [6.07, 6.45) is 2.48. The van der Waals surface area contributed by atoms with Crippen LogP contribution in [0, 0.1) is 11.3 Å². The predicted octanol–water partition coefficient (Wildman–Crippen LogP) is 6.23. The van der Waals surface area contributed by atoms with E-state index < -0.39 is 11.0 Å². The van der Waals surface area contributed by atoms with Crippen molar-refractivity contribution in [1.29, 1.82) is 5.26 Å². The lowest BCUT2D eigenvalue weighted by molar-refractivity contribution is -0.130. The Morgan fingerprint density at radius 3 is 1.88 bits per heavy atom. The number of carbonyl (C=O) groups is 1. The van der Waals surface area contributed by atoms with E-state index in [2.05, 4.69) is 23.1 Å². The second kappa shape index (κ2) is 11.2. The molecule has 4 aromatic rings. The molecule has 3 heterocycles. The molecule has 0 atom stereocenters. The van der Waals surface area contributed by atoms with Gasteiger partial charge in [0, 0.05) is 6.54 Å². The maximum atomic E-state index is 14.5. The van der Waals surface area contributed by atoms with E-state index in [9.17, 15) is 10.1 Å². The number of hydrogen-bond acceptors (Lipinski definition) is 5. The number of nitriles is 1. The summed E-state index contributed by atoms with van der Waals surface area (Å²) in [5, 5.41) is 12.1. The van der Waals surface area contributed by atoms with Crippen molar-refractivity contribution in [2.45, 2.75) is 30.2 Å². The van der Waals surface area contributed by atoms with Gasteiger partial charge in [-0.2, -0.15) is 5.26 Å². The van der Waals surface area contributed by atoms with E-state index in [0.717, 1.165) is 66.3 Å². The fourth-order valence-electron chi connectivity index (χ4n) is 6.09. The molecule has 6 rings (SSSR count). The Labute approximate surface area is 240 Å². The molecule has 200 valence electrons. The van der Waals surface area contributed by atoms with Crippen LogP contribution in [0.2, 0.25) is 0 Å². The number of amidine groups is 1. The molecule has 40 heavy (non-hydrogen) atoms. The van der Waals surface area contributed by atoms with Crippen LogP contribution in [0.4, 0.5) is 0 Å². The van der Waals surface area contributed by atoms with Crippen molar-refractivity contribution in [2.24, 2.45) is 4.99 Å². The van der Waals surface area contributed by atoms with Crippen molar-refractivity contribution >= 4 is 23.1 Å². The Kier molecular flexibility index (Phi) is 7.34. The molecule has 0 saturated carbocycles. The fourth-order valence-corrected chi connectivity index (χ4v) is 6.82. The number of likely N-dealkylation sites (tertiary alicyclic amines) is 1. The van der Waals surface area contributed by atoms with Crippen LogP contribution < -0.4 is 0 Å². The second-order valence-electron chi connectivity index (χ2n) is 10.6. The SMILES string of the molecule is N#CC1(c2ccccc2)CCN(CCCN2C(=O)C(c3ccccc3)(c3ccccc3)N=C2c2cccs2)CC1. The van der Waals surface area contributed by atoms with Crippen molar-refractivity contribution in [1.82, 2.24) is 9.80 Å². The Bertz CT molecular complexity index is 1460. The number of thiophene rings is 1. The first kappa shape index (κ1) is 26.2. The Morgan fingerprint density at radius 1 is 0.775 bits per heavy atom. The van der Waals surface area contributed by atoms with Gasteiger partial charge in [0.15, 0.2) is 5.54 Å². The third kappa shape index (κ3) is 4.66. The van der Waals surface area contributed by atoms with E-state index in [0.29, 0.717) is 6.54 Å². The van der Waals surface area contributed by atoms with Gasteiger partial charge in [0.05, 0.1) is 16.4 Å². The van der Waals surface area contributed by atoms with E-state index >= 15 is 0 Å². The third-order valence-electron chi connectivity index (χ3n) is 8.31. The molecule has 0 bridgehead atoms. The molecule has 2 aliphatic heterocycles. The molecule has 2 aliphatic rings. The van der Waals surface area contributed by atoms with Crippen molar-refractivity contribution in [2.75, 3.05) is 26.2 Å². The molecule has 1 saturated heterocycles. The smallest absolute Gasteiger partial charge is 0.265 e. The van der Waals surface area contributed by atoms with Crippen LogP contribution in [0.5, 0.6) is 0 Å². The van der Waals surface area contributed by atoms with Gasteiger partial charge in [-0.1, -0.05) is 97.1 Å². The average molecular weight is 545 g/mol. The summed E-state index contributed by atoms with van der Waals surface area (Å²) in [5.41, 5.74) is 1.37. The van der Waals surface area contributed by atoms with Crippen molar-refractivity contribution in [3.63, 3.8) is 0 Å². The van der Waals surface area contributed by atoms with Gasteiger partial charge in [-0.15, -0.1) is 11.3 Å². The second-order valence-corrected chi connectivity index (χ2v) is 11.5. The van der Waals surface area contributed by atoms with Gasteiger partial charge < -0.3 is 4.90 Å². The first-order valence-corrected chi connectivity index (χ1v) is 14.8. The van der Waals surface area contributed by atoms with Crippen LogP contribution in [0.15, 0.2) is 114 Å². The summed E-state index contributed by atoms with van der Waals surface area (Å²) in [5.74, 6) is 0.749. The lowest BCUT2D eigenvalue weighted by atomic mass is 9.74. The Balaban J connectivity index is 1.22. The monoisotopic (exact) mass is 544 g/mol. The number of hydrogen-bond donors (Lipinski definition) is 0. The van der Waals surface area contributed by atoms with Crippen LogP contribution in [0.25, 0.3) is 0 Å². The van der Waals surface area contributed by atoms with Crippen LogP contribution >= 0.6 is 11.3 Å². The van der Waals surface area contributed by atoms with Gasteiger partial charge >= 0.3 is 0 Å². The number of nitrogens with zero attached hydrogens (tertiary/aromatic N) is 4. The summed E-state index contributed by atoms with van der Waals surface area (Å²) in [4.78, 5) is 25.0. The molecule has 0 spiro atoms. The van der Waals surface area contributed by atoms with E-state index in [4.69, 9.17) is 4.99 Å². The predicted molar refractivity (Wildman–Crippen MR) is 160 cm³/mol. The molecule has 0 aliphatic carbocycles. The van der Waals surface area contributed by atoms with Crippen molar-refractivity contribution in [3.05, 3.63) is 130 Å². The van der Waals surface area contributed by atoms with Crippen LogP contribution in [0.3, 0.4) is 0 Å². The largest absolute Gasteiger partial charge is 0.303 e. The fraction of sp³-hybridized carbons (Fsp3) is 0.265. The van der Waals surface area contributed by atoms with Crippen molar-refractivity contribution in [3.8, 4) is 6.07 Å². The summed E-state index contributed by atoms with van der Waals surface area (Å²) in [7, 11) is 0. The highest BCUT2D eigenvalue weighted by atomic mass is 32.1. The maximum absolute atomic E-state index is 14.5. The van der Waals surface area contributed by atoms with Crippen LogP contribution in [0.1, 0.15) is 40.8 Å². The van der Waals surface area contributed by atoms with Gasteiger partial charge in [-0.25, -0.2) is 4.99 Å². The molecule has 3 aromatic carbocycles. The molecular weight excluding hydrogens is 512 g/mol. The maximum Gasteiger partial charge on any atom is 0.265 e. The topological polar surface area (TPSA) is 59.7 Å². The molecule has 0 unspecified atom stereocenters. The number of carbonyl (C=O) groups excluding carboxylic acids is 1. The van der Waals surface area contributed by atoms with E-state index in [1.807, 2.05) is 101 Å². The molecule has 0 N–H and O–H groups in total. The van der Waals surface area contributed by atoms with Gasteiger partial charge in [0.25, 0.3) is 5.91 Å². The standard InChI is InChI=1S/C34H32N4OS/c35-26-33(27-12-4-1-5-13-27)19-23-37(24-20-33)21-11-22-38-31(30-18-10-25-40-30)36-34(32(38)39,28-14-6-2-7-15-28)29-16-8-3-9-17-29/h1-10,12-18,25H,11,19-24H2. The minimum atomic E-state index is -1.10. The lowest BCUT2D eigenvalue weighted by Crippen LogP contribution is -2.44. The number of rotatable bonds is 8. The zero-order chi connectivity index (χ0) is 27.4. The summed E-state index contributed by atoms with van der Waals surface area (Å²) in [6.45, 7) is 3.22. The average Bonchev–Trinajstić information content (AvgIpc) is 3.66. The van der Waals surface area contributed by atoms with Crippen LogP contribution in [-0.2, 0) is 15.7 Å². The lowest BCUT2D eigenvalue weighted by Gasteiger charge is -2.38.